The Morgan fingerprint density at radius 2 is 0.955 bits per heavy atom. The summed E-state index contributed by atoms with van der Waals surface area (Å²) >= 11 is 0. The predicted octanol–water partition coefficient (Wildman–Crippen LogP) is 15.2. The number of benzene rings is 9. The van der Waals surface area contributed by atoms with E-state index in [0.29, 0.717) is 50.2 Å². The first-order valence-corrected chi connectivity index (χ1v) is 22.2. The first kappa shape index (κ1) is 37.7. The zero-order valence-electron chi connectivity index (χ0n) is 35.4. The van der Waals surface area contributed by atoms with Gasteiger partial charge in [-0.25, -0.2) is 15.0 Å². The van der Waals surface area contributed by atoms with E-state index in [1.165, 1.54) is 28.3 Å². The molecular weight excluding hydrogens is 838 g/mol. The third-order valence-corrected chi connectivity index (χ3v) is 13.9. The van der Waals surface area contributed by atoms with Gasteiger partial charge in [0.25, 0.3) is 0 Å². The molecule has 0 bridgehead atoms. The molecule has 12 aromatic rings. The molecular formula is C59H33F3N4O. The summed E-state index contributed by atoms with van der Waals surface area (Å²) in [6, 6.07) is 65.0. The SMILES string of the molecule is FC(F)(F)c1cc(-c2nc(-c3ccccc3)nc(-c3ccccc3)n2)c2oc3ccccc3c2c1-n1c2ccccc2c2c3c(ccc21)C1(c2ccccc2-c2ccccc21)c1ccccc1-3. The van der Waals surface area contributed by atoms with Crippen LogP contribution in [0.1, 0.15) is 27.8 Å². The van der Waals surface area contributed by atoms with E-state index >= 15 is 13.2 Å². The van der Waals surface area contributed by atoms with Crippen LogP contribution in [0.15, 0.2) is 205 Å². The molecule has 67 heavy (non-hydrogen) atoms. The minimum atomic E-state index is -4.84. The van der Waals surface area contributed by atoms with E-state index in [2.05, 4.69) is 78.9 Å². The third kappa shape index (κ3) is 5.12. The van der Waals surface area contributed by atoms with Gasteiger partial charge in [0, 0.05) is 27.3 Å². The topological polar surface area (TPSA) is 56.7 Å². The molecule has 2 aliphatic rings. The van der Waals surface area contributed by atoms with Crippen molar-refractivity contribution in [2.75, 3.05) is 0 Å². The smallest absolute Gasteiger partial charge is 0.418 e. The van der Waals surface area contributed by atoms with Crippen molar-refractivity contribution in [3.8, 4) is 62.1 Å². The molecule has 0 N–H and O–H groups in total. The quantitative estimate of drug-likeness (QED) is 0.177. The van der Waals surface area contributed by atoms with Crippen LogP contribution in [-0.4, -0.2) is 19.5 Å². The Balaban J connectivity index is 1.12. The van der Waals surface area contributed by atoms with Crippen molar-refractivity contribution in [3.63, 3.8) is 0 Å². The average molecular weight is 871 g/mol. The molecule has 0 amide bonds. The fraction of sp³-hybridized carbons (Fsp3) is 0.0339. The monoisotopic (exact) mass is 870 g/mol. The third-order valence-electron chi connectivity index (χ3n) is 13.9. The van der Waals surface area contributed by atoms with E-state index in [1.807, 2.05) is 114 Å². The van der Waals surface area contributed by atoms with Crippen molar-refractivity contribution in [3.05, 3.63) is 228 Å². The normalized spacial score (nSPS) is 13.4. The van der Waals surface area contributed by atoms with Crippen molar-refractivity contribution < 1.29 is 17.6 Å². The van der Waals surface area contributed by atoms with Crippen LogP contribution < -0.4 is 0 Å². The summed E-state index contributed by atoms with van der Waals surface area (Å²) in [6.45, 7) is 0. The van der Waals surface area contributed by atoms with Crippen molar-refractivity contribution >= 4 is 43.7 Å². The molecule has 0 atom stereocenters. The second kappa shape index (κ2) is 13.7. The standard InChI is InChI=1S/C59H33F3N4O/c60-59(61,62)46-33-41(57-64-55(34-17-3-1-4-18-34)63-56(65-57)35-19-5-2-6-20-35)54-52(40-25-11-16-30-49(40)67-54)53(46)66-47-29-15-10-24-39(47)51-48(66)32-31-45-50(51)38-23-9-14-28-44(38)58(45)42-26-12-7-21-36(42)37-22-8-13-27-43(37)58/h1-33H. The van der Waals surface area contributed by atoms with E-state index < -0.39 is 17.2 Å². The van der Waals surface area contributed by atoms with E-state index in [0.717, 1.165) is 33.0 Å². The van der Waals surface area contributed by atoms with Crippen LogP contribution in [0.2, 0.25) is 0 Å². The lowest BCUT2D eigenvalue weighted by atomic mass is 9.70. The summed E-state index contributed by atoms with van der Waals surface area (Å²) in [5.41, 5.74) is 11.0. The number of alkyl halides is 3. The van der Waals surface area contributed by atoms with E-state index in [-0.39, 0.29) is 22.7 Å². The molecule has 9 aromatic carbocycles. The summed E-state index contributed by atoms with van der Waals surface area (Å²) in [4.78, 5) is 14.6. The Hall–Kier alpha value is -8.62. The van der Waals surface area contributed by atoms with Crippen LogP contribution >= 0.6 is 0 Å². The van der Waals surface area contributed by atoms with Gasteiger partial charge >= 0.3 is 6.18 Å². The fourth-order valence-electron chi connectivity index (χ4n) is 11.3. The molecule has 1 spiro atoms. The summed E-state index contributed by atoms with van der Waals surface area (Å²) in [5, 5.41) is 2.57. The second-order valence-corrected chi connectivity index (χ2v) is 17.3. The Labute approximate surface area is 381 Å². The zero-order chi connectivity index (χ0) is 44.6. The molecule has 14 rings (SSSR count). The van der Waals surface area contributed by atoms with Crippen LogP contribution in [0, 0.1) is 0 Å². The number of furan rings is 1. The molecule has 316 valence electrons. The van der Waals surface area contributed by atoms with Gasteiger partial charge in [-0.05, 0) is 68.8 Å². The summed E-state index contributed by atoms with van der Waals surface area (Å²) < 4.78 is 57.9. The Morgan fingerprint density at radius 3 is 1.60 bits per heavy atom. The molecule has 3 aromatic heterocycles. The van der Waals surface area contributed by atoms with Crippen LogP contribution in [0.3, 0.4) is 0 Å². The highest BCUT2D eigenvalue weighted by atomic mass is 19.4. The molecule has 3 heterocycles. The van der Waals surface area contributed by atoms with Crippen molar-refractivity contribution in [2.24, 2.45) is 0 Å². The van der Waals surface area contributed by atoms with Crippen LogP contribution in [0.4, 0.5) is 13.2 Å². The maximum atomic E-state index is 16.5. The molecule has 0 unspecified atom stereocenters. The minimum Gasteiger partial charge on any atom is -0.455 e. The Morgan fingerprint density at radius 1 is 0.433 bits per heavy atom. The number of rotatable bonds is 4. The minimum absolute atomic E-state index is 0.0273. The van der Waals surface area contributed by atoms with Gasteiger partial charge in [-0.15, -0.1) is 0 Å². The summed E-state index contributed by atoms with van der Waals surface area (Å²) in [5.74, 6) is 0.717. The number of para-hydroxylation sites is 2. The summed E-state index contributed by atoms with van der Waals surface area (Å²) in [6.07, 6.45) is -4.84. The zero-order valence-corrected chi connectivity index (χ0v) is 35.4. The van der Waals surface area contributed by atoms with Gasteiger partial charge in [-0.1, -0.05) is 176 Å². The molecule has 2 aliphatic carbocycles. The molecule has 0 aliphatic heterocycles. The van der Waals surface area contributed by atoms with Gasteiger partial charge in [-0.3, -0.25) is 0 Å². The molecule has 8 heteroatoms. The number of halogens is 3. The van der Waals surface area contributed by atoms with Gasteiger partial charge in [-0.2, -0.15) is 13.2 Å². The van der Waals surface area contributed by atoms with Crippen LogP contribution in [-0.2, 0) is 11.6 Å². The largest absolute Gasteiger partial charge is 0.455 e. The summed E-state index contributed by atoms with van der Waals surface area (Å²) in [7, 11) is 0. The average Bonchev–Trinajstić information content (AvgIpc) is 4.10. The van der Waals surface area contributed by atoms with Gasteiger partial charge in [0.15, 0.2) is 17.5 Å². The lowest BCUT2D eigenvalue weighted by molar-refractivity contribution is -0.137. The maximum Gasteiger partial charge on any atom is 0.418 e. The first-order chi connectivity index (χ1) is 32.9. The Kier molecular flexibility index (Phi) is 7.71. The predicted molar refractivity (Wildman–Crippen MR) is 259 cm³/mol. The van der Waals surface area contributed by atoms with Crippen molar-refractivity contribution in [1.29, 1.82) is 0 Å². The van der Waals surface area contributed by atoms with E-state index in [4.69, 9.17) is 19.4 Å². The maximum absolute atomic E-state index is 16.5. The number of hydrogen-bond acceptors (Lipinski definition) is 4. The Bertz CT molecular complexity index is 3940. The van der Waals surface area contributed by atoms with E-state index in [1.54, 1.807) is 6.07 Å². The molecule has 0 saturated carbocycles. The highest BCUT2D eigenvalue weighted by Crippen LogP contribution is 2.64. The molecule has 0 fully saturated rings. The lowest BCUT2D eigenvalue weighted by Crippen LogP contribution is -2.25. The molecule has 5 nitrogen and oxygen atoms in total. The number of nitrogens with zero attached hydrogens (tertiary/aromatic N) is 4. The van der Waals surface area contributed by atoms with Crippen LogP contribution in [0.25, 0.3) is 106 Å². The van der Waals surface area contributed by atoms with Gasteiger partial charge in [0.1, 0.15) is 11.2 Å². The van der Waals surface area contributed by atoms with Gasteiger partial charge < -0.3 is 8.98 Å². The molecule has 0 saturated heterocycles. The van der Waals surface area contributed by atoms with Crippen LogP contribution in [0.5, 0.6) is 0 Å². The number of fused-ring (bicyclic) bond motifs is 17. The molecule has 0 radical (unpaired) electrons. The van der Waals surface area contributed by atoms with E-state index in [9.17, 15) is 0 Å². The van der Waals surface area contributed by atoms with Crippen molar-refractivity contribution in [1.82, 2.24) is 19.5 Å². The number of aromatic nitrogens is 4. The van der Waals surface area contributed by atoms with Crippen molar-refractivity contribution in [2.45, 2.75) is 11.6 Å². The van der Waals surface area contributed by atoms with Gasteiger partial charge in [0.05, 0.1) is 38.6 Å². The fourth-order valence-corrected chi connectivity index (χ4v) is 11.3. The second-order valence-electron chi connectivity index (χ2n) is 17.3. The highest BCUT2D eigenvalue weighted by Gasteiger charge is 2.52. The highest BCUT2D eigenvalue weighted by molar-refractivity contribution is 6.21. The van der Waals surface area contributed by atoms with Gasteiger partial charge in [0.2, 0.25) is 0 Å². The lowest BCUT2D eigenvalue weighted by Gasteiger charge is -2.30. The number of hydrogen-bond donors (Lipinski definition) is 0. The first-order valence-electron chi connectivity index (χ1n) is 22.2.